The quantitative estimate of drug-likeness (QED) is 0.779. The van der Waals surface area contributed by atoms with E-state index in [-0.39, 0.29) is 5.91 Å². The van der Waals surface area contributed by atoms with Gasteiger partial charge in [0.15, 0.2) is 0 Å². The molecule has 20 heavy (non-hydrogen) atoms. The highest BCUT2D eigenvalue weighted by Crippen LogP contribution is 2.17. The van der Waals surface area contributed by atoms with Gasteiger partial charge in [-0.15, -0.1) is 0 Å². The average molecular weight is 330 g/mol. The Labute approximate surface area is 124 Å². The lowest BCUT2D eigenvalue weighted by molar-refractivity contribution is 0.102. The van der Waals surface area contributed by atoms with Crippen molar-refractivity contribution in [1.82, 2.24) is 9.38 Å². The van der Waals surface area contributed by atoms with E-state index in [9.17, 15) is 4.79 Å². The molecule has 1 aromatic carbocycles. The summed E-state index contributed by atoms with van der Waals surface area (Å²) >= 11 is 3.39. The summed E-state index contributed by atoms with van der Waals surface area (Å²) in [5, 5.41) is 2.91. The number of carbonyl (C=O) groups excluding carboxylic acids is 1. The molecule has 0 radical (unpaired) electrons. The minimum Gasteiger partial charge on any atom is -0.320 e. The summed E-state index contributed by atoms with van der Waals surface area (Å²) in [4.78, 5) is 16.6. The molecule has 5 heteroatoms. The summed E-state index contributed by atoms with van der Waals surface area (Å²) in [5.41, 5.74) is 3.08. The minimum atomic E-state index is -0.172. The van der Waals surface area contributed by atoms with Crippen LogP contribution in [0.4, 0.5) is 5.69 Å². The molecule has 0 spiro atoms. The van der Waals surface area contributed by atoms with E-state index in [0.29, 0.717) is 5.69 Å². The van der Waals surface area contributed by atoms with Crippen LogP contribution < -0.4 is 5.32 Å². The molecular formula is C15H12BrN3O. The second-order valence-electron chi connectivity index (χ2n) is 4.49. The van der Waals surface area contributed by atoms with E-state index >= 15 is 0 Å². The number of nitrogens with one attached hydrogen (secondary N) is 1. The van der Waals surface area contributed by atoms with Crippen LogP contribution in [0.1, 0.15) is 16.1 Å². The fourth-order valence-electron chi connectivity index (χ4n) is 2.02. The highest BCUT2D eigenvalue weighted by atomic mass is 79.9. The lowest BCUT2D eigenvalue weighted by Gasteiger charge is -2.07. The molecular weight excluding hydrogens is 318 g/mol. The number of aryl methyl sites for hydroxylation is 1. The Morgan fingerprint density at radius 2 is 2.10 bits per heavy atom. The number of para-hydroxylation sites is 1. The summed E-state index contributed by atoms with van der Waals surface area (Å²) in [6.45, 7) is 1.96. The molecule has 0 aliphatic rings. The Morgan fingerprint density at radius 3 is 2.90 bits per heavy atom. The molecule has 0 aliphatic heterocycles. The van der Waals surface area contributed by atoms with Crippen LogP contribution in [0, 0.1) is 6.92 Å². The number of rotatable bonds is 2. The minimum absolute atomic E-state index is 0.172. The van der Waals surface area contributed by atoms with Crippen molar-refractivity contribution in [3.8, 4) is 0 Å². The monoisotopic (exact) mass is 329 g/mol. The first kappa shape index (κ1) is 12.9. The summed E-state index contributed by atoms with van der Waals surface area (Å²) in [7, 11) is 0. The molecule has 0 bridgehead atoms. The molecule has 1 amide bonds. The lowest BCUT2D eigenvalue weighted by atomic mass is 10.2. The largest absolute Gasteiger partial charge is 0.320 e. The van der Waals surface area contributed by atoms with Gasteiger partial charge in [-0.1, -0.05) is 34.1 Å². The van der Waals surface area contributed by atoms with Crippen LogP contribution >= 0.6 is 15.9 Å². The summed E-state index contributed by atoms with van der Waals surface area (Å²) in [6, 6.07) is 11.4. The maximum Gasteiger partial charge on any atom is 0.274 e. The molecule has 3 aromatic rings. The van der Waals surface area contributed by atoms with Gasteiger partial charge in [0.25, 0.3) is 5.91 Å². The first-order valence-electron chi connectivity index (χ1n) is 6.15. The zero-order chi connectivity index (χ0) is 14.1. The number of anilines is 1. The molecule has 0 saturated carbocycles. The Hall–Kier alpha value is -2.14. The average Bonchev–Trinajstić information content (AvgIpc) is 2.84. The smallest absolute Gasteiger partial charge is 0.274 e. The third kappa shape index (κ3) is 2.32. The van der Waals surface area contributed by atoms with Crippen LogP contribution in [0.25, 0.3) is 5.65 Å². The number of hydrogen-bond acceptors (Lipinski definition) is 2. The second kappa shape index (κ2) is 5.09. The van der Waals surface area contributed by atoms with Crippen molar-refractivity contribution in [2.45, 2.75) is 6.92 Å². The normalized spacial score (nSPS) is 10.7. The number of fused-ring (bicyclic) bond motifs is 1. The van der Waals surface area contributed by atoms with Gasteiger partial charge in [-0.3, -0.25) is 9.20 Å². The second-order valence-corrected chi connectivity index (χ2v) is 5.40. The Bertz CT molecular complexity index is 795. The first-order chi connectivity index (χ1) is 9.65. The Morgan fingerprint density at radius 1 is 1.30 bits per heavy atom. The van der Waals surface area contributed by atoms with Gasteiger partial charge in [-0.05, 0) is 30.7 Å². The fourth-order valence-corrected chi connectivity index (χ4v) is 2.35. The van der Waals surface area contributed by atoms with Crippen LogP contribution in [0.2, 0.25) is 0 Å². The van der Waals surface area contributed by atoms with E-state index in [1.807, 2.05) is 49.5 Å². The maximum atomic E-state index is 12.3. The molecule has 2 heterocycles. The van der Waals surface area contributed by atoms with Crippen molar-refractivity contribution < 1.29 is 4.79 Å². The van der Waals surface area contributed by atoms with Crippen molar-refractivity contribution in [3.05, 3.63) is 64.5 Å². The zero-order valence-corrected chi connectivity index (χ0v) is 12.4. The number of carbonyl (C=O) groups is 1. The third-order valence-electron chi connectivity index (χ3n) is 3.10. The highest BCUT2D eigenvalue weighted by Gasteiger charge is 2.13. The molecule has 0 aliphatic carbocycles. The fraction of sp³-hybridized carbons (Fsp3) is 0.0667. The number of benzene rings is 1. The number of halogens is 1. The van der Waals surface area contributed by atoms with Gasteiger partial charge in [0, 0.05) is 16.4 Å². The number of nitrogens with zero attached hydrogens (tertiary/aromatic N) is 2. The molecule has 100 valence electrons. The summed E-state index contributed by atoms with van der Waals surface area (Å²) in [5.74, 6) is -0.172. The molecule has 0 atom stereocenters. The number of amides is 1. The van der Waals surface area contributed by atoms with E-state index in [1.54, 1.807) is 10.6 Å². The van der Waals surface area contributed by atoms with Crippen molar-refractivity contribution >= 4 is 33.2 Å². The maximum absolute atomic E-state index is 12.3. The topological polar surface area (TPSA) is 46.4 Å². The molecule has 0 unspecified atom stereocenters. The van der Waals surface area contributed by atoms with Gasteiger partial charge >= 0.3 is 0 Å². The highest BCUT2D eigenvalue weighted by molar-refractivity contribution is 9.10. The number of imidazole rings is 1. The summed E-state index contributed by atoms with van der Waals surface area (Å²) < 4.78 is 2.69. The molecule has 4 nitrogen and oxygen atoms in total. The first-order valence-corrected chi connectivity index (χ1v) is 6.94. The Balaban J connectivity index is 1.95. The van der Waals surface area contributed by atoms with Crippen LogP contribution in [0.15, 0.2) is 53.3 Å². The van der Waals surface area contributed by atoms with E-state index < -0.39 is 0 Å². The van der Waals surface area contributed by atoms with Crippen LogP contribution in [0.5, 0.6) is 0 Å². The standard InChI is InChI=1S/C15H12BrN3O/c1-10-4-2-3-5-12(10)18-15(20)13-9-17-14-8-11(16)6-7-19(13)14/h2-9H,1H3,(H,18,20). The van der Waals surface area contributed by atoms with Crippen molar-refractivity contribution in [1.29, 1.82) is 0 Å². The molecule has 3 rings (SSSR count). The van der Waals surface area contributed by atoms with Gasteiger partial charge in [0.1, 0.15) is 11.3 Å². The molecule has 1 N–H and O–H groups in total. The summed E-state index contributed by atoms with van der Waals surface area (Å²) in [6.07, 6.45) is 3.40. The van der Waals surface area contributed by atoms with Crippen molar-refractivity contribution in [3.63, 3.8) is 0 Å². The van der Waals surface area contributed by atoms with E-state index in [0.717, 1.165) is 21.4 Å². The van der Waals surface area contributed by atoms with Crippen molar-refractivity contribution in [2.75, 3.05) is 5.32 Å². The van der Waals surface area contributed by atoms with Crippen LogP contribution in [0.3, 0.4) is 0 Å². The zero-order valence-electron chi connectivity index (χ0n) is 10.8. The third-order valence-corrected chi connectivity index (χ3v) is 3.59. The van der Waals surface area contributed by atoms with Crippen molar-refractivity contribution in [2.24, 2.45) is 0 Å². The predicted octanol–water partition coefficient (Wildman–Crippen LogP) is 3.66. The van der Waals surface area contributed by atoms with Gasteiger partial charge in [-0.2, -0.15) is 0 Å². The van der Waals surface area contributed by atoms with E-state index in [4.69, 9.17) is 0 Å². The van der Waals surface area contributed by atoms with Gasteiger partial charge in [0.05, 0.1) is 6.20 Å². The number of pyridine rings is 1. The van der Waals surface area contributed by atoms with Gasteiger partial charge < -0.3 is 5.32 Å². The van der Waals surface area contributed by atoms with E-state index in [1.165, 1.54) is 0 Å². The van der Waals surface area contributed by atoms with Crippen LogP contribution in [-0.4, -0.2) is 15.3 Å². The SMILES string of the molecule is Cc1ccccc1NC(=O)c1cnc2cc(Br)ccn12. The molecule has 0 saturated heterocycles. The Kier molecular flexibility index (Phi) is 3.28. The van der Waals surface area contributed by atoms with Gasteiger partial charge in [-0.25, -0.2) is 4.98 Å². The lowest BCUT2D eigenvalue weighted by Crippen LogP contribution is -2.14. The number of aromatic nitrogens is 2. The predicted molar refractivity (Wildman–Crippen MR) is 82.0 cm³/mol. The van der Waals surface area contributed by atoms with Gasteiger partial charge in [0.2, 0.25) is 0 Å². The molecule has 2 aromatic heterocycles. The van der Waals surface area contributed by atoms with Crippen LogP contribution in [-0.2, 0) is 0 Å². The number of hydrogen-bond donors (Lipinski definition) is 1. The van der Waals surface area contributed by atoms with E-state index in [2.05, 4.69) is 26.2 Å². The molecule has 0 fully saturated rings.